The Morgan fingerprint density at radius 1 is 1.53 bits per heavy atom. The Morgan fingerprint density at radius 2 is 2.33 bits per heavy atom. The summed E-state index contributed by atoms with van der Waals surface area (Å²) in [5.74, 6) is 0. The van der Waals surface area contributed by atoms with Gasteiger partial charge < -0.3 is 10.3 Å². The number of rotatable bonds is 7. The van der Waals surface area contributed by atoms with E-state index in [2.05, 4.69) is 11.6 Å². The molecule has 0 amide bonds. The van der Waals surface area contributed by atoms with Crippen molar-refractivity contribution in [1.82, 2.24) is 9.55 Å². The van der Waals surface area contributed by atoms with Gasteiger partial charge in [-0.15, -0.1) is 6.58 Å². The third-order valence-corrected chi connectivity index (χ3v) is 2.66. The molecule has 1 atom stereocenters. The molecule has 3 nitrogen and oxygen atoms in total. The van der Waals surface area contributed by atoms with Crippen molar-refractivity contribution in [3.63, 3.8) is 0 Å². The highest BCUT2D eigenvalue weighted by molar-refractivity contribution is 5.03. The first-order chi connectivity index (χ1) is 7.25. The van der Waals surface area contributed by atoms with E-state index in [1.807, 2.05) is 23.9 Å². The Labute approximate surface area is 92.0 Å². The maximum Gasteiger partial charge on any atom is 0.0946 e. The molecule has 1 aromatic rings. The Bertz CT molecular complexity index is 291. The van der Waals surface area contributed by atoms with Crippen LogP contribution in [0.25, 0.3) is 0 Å². The number of aryl methyl sites for hydroxylation is 1. The van der Waals surface area contributed by atoms with Gasteiger partial charge >= 0.3 is 0 Å². The lowest BCUT2D eigenvalue weighted by atomic mass is 10.1. The van der Waals surface area contributed by atoms with E-state index in [0.29, 0.717) is 0 Å². The summed E-state index contributed by atoms with van der Waals surface area (Å²) in [6.45, 7) is 3.71. The van der Waals surface area contributed by atoms with Crippen LogP contribution in [0, 0.1) is 0 Å². The van der Waals surface area contributed by atoms with Gasteiger partial charge in [-0.05, 0) is 19.3 Å². The minimum Gasteiger partial charge on any atom is -0.336 e. The predicted molar refractivity (Wildman–Crippen MR) is 63.4 cm³/mol. The van der Waals surface area contributed by atoms with E-state index in [9.17, 15) is 0 Å². The minimum absolute atomic E-state index is 0.126. The first-order valence-corrected chi connectivity index (χ1v) is 5.58. The number of imidazole rings is 1. The molecule has 84 valence electrons. The molecule has 0 aliphatic heterocycles. The van der Waals surface area contributed by atoms with Crippen LogP contribution in [-0.4, -0.2) is 9.55 Å². The second-order valence-electron chi connectivity index (χ2n) is 3.96. The van der Waals surface area contributed by atoms with Crippen LogP contribution >= 0.6 is 0 Å². The smallest absolute Gasteiger partial charge is 0.0946 e. The van der Waals surface area contributed by atoms with E-state index < -0.39 is 0 Å². The molecule has 0 fully saturated rings. The Hall–Kier alpha value is -1.09. The van der Waals surface area contributed by atoms with Crippen molar-refractivity contribution in [3.8, 4) is 0 Å². The maximum atomic E-state index is 6.07. The summed E-state index contributed by atoms with van der Waals surface area (Å²) in [6, 6.07) is 0.126. The van der Waals surface area contributed by atoms with E-state index in [-0.39, 0.29) is 6.04 Å². The lowest BCUT2D eigenvalue weighted by Gasteiger charge is -2.11. The van der Waals surface area contributed by atoms with Gasteiger partial charge in [0, 0.05) is 19.3 Å². The Kier molecular flexibility index (Phi) is 5.12. The fourth-order valence-corrected chi connectivity index (χ4v) is 1.70. The van der Waals surface area contributed by atoms with Crippen molar-refractivity contribution in [2.24, 2.45) is 12.8 Å². The highest BCUT2D eigenvalue weighted by Crippen LogP contribution is 2.16. The van der Waals surface area contributed by atoms with Gasteiger partial charge in [-0.3, -0.25) is 0 Å². The van der Waals surface area contributed by atoms with Crippen LogP contribution in [0.4, 0.5) is 0 Å². The lowest BCUT2D eigenvalue weighted by Crippen LogP contribution is -2.13. The minimum atomic E-state index is 0.126. The summed E-state index contributed by atoms with van der Waals surface area (Å²) < 4.78 is 1.99. The maximum absolute atomic E-state index is 6.07. The molecule has 2 N–H and O–H groups in total. The molecule has 0 saturated carbocycles. The van der Waals surface area contributed by atoms with Crippen LogP contribution in [-0.2, 0) is 7.05 Å². The molecule has 0 radical (unpaired) electrons. The quantitative estimate of drug-likeness (QED) is 0.551. The Morgan fingerprint density at radius 3 is 2.93 bits per heavy atom. The van der Waals surface area contributed by atoms with Gasteiger partial charge in [-0.2, -0.15) is 0 Å². The molecule has 0 aliphatic carbocycles. The zero-order valence-electron chi connectivity index (χ0n) is 9.52. The molecule has 0 bridgehead atoms. The monoisotopic (exact) mass is 207 g/mol. The summed E-state index contributed by atoms with van der Waals surface area (Å²) in [5.41, 5.74) is 7.20. The number of hydrogen-bond donors (Lipinski definition) is 1. The van der Waals surface area contributed by atoms with Crippen molar-refractivity contribution in [2.75, 3.05) is 0 Å². The number of aromatic nitrogens is 2. The molecule has 0 aromatic carbocycles. The summed E-state index contributed by atoms with van der Waals surface area (Å²) in [4.78, 5) is 4.07. The van der Waals surface area contributed by atoms with E-state index >= 15 is 0 Å². The first kappa shape index (κ1) is 12.0. The van der Waals surface area contributed by atoms with Gasteiger partial charge in [-0.25, -0.2) is 4.98 Å². The lowest BCUT2D eigenvalue weighted by molar-refractivity contribution is 0.550. The standard InChI is InChI=1S/C12H21N3/c1-3-4-5-6-7-8-11(13)12-9-14-10-15(12)2/h3,9-11H,1,4-8,13H2,2H3. The number of unbranched alkanes of at least 4 members (excludes halogenated alkanes) is 3. The number of nitrogens with two attached hydrogens (primary N) is 1. The zero-order valence-corrected chi connectivity index (χ0v) is 9.52. The molecule has 1 unspecified atom stereocenters. The second kappa shape index (κ2) is 6.40. The third-order valence-electron chi connectivity index (χ3n) is 2.66. The summed E-state index contributed by atoms with van der Waals surface area (Å²) in [6.07, 6.45) is 11.4. The van der Waals surface area contributed by atoms with Gasteiger partial charge in [0.2, 0.25) is 0 Å². The largest absolute Gasteiger partial charge is 0.336 e. The molecule has 1 heterocycles. The second-order valence-corrected chi connectivity index (χ2v) is 3.96. The molecule has 0 spiro atoms. The topological polar surface area (TPSA) is 43.8 Å². The van der Waals surface area contributed by atoms with Crippen LogP contribution in [0.2, 0.25) is 0 Å². The van der Waals surface area contributed by atoms with Crippen molar-refractivity contribution >= 4 is 0 Å². The van der Waals surface area contributed by atoms with Crippen LogP contribution in [0.15, 0.2) is 25.2 Å². The van der Waals surface area contributed by atoms with Crippen molar-refractivity contribution in [1.29, 1.82) is 0 Å². The fourth-order valence-electron chi connectivity index (χ4n) is 1.70. The van der Waals surface area contributed by atoms with Crippen molar-refractivity contribution in [3.05, 3.63) is 30.9 Å². The van der Waals surface area contributed by atoms with E-state index in [0.717, 1.165) is 18.5 Å². The molecule has 0 saturated heterocycles. The van der Waals surface area contributed by atoms with E-state index in [4.69, 9.17) is 5.73 Å². The third kappa shape index (κ3) is 3.88. The van der Waals surface area contributed by atoms with E-state index in [1.54, 1.807) is 6.33 Å². The fraction of sp³-hybridized carbons (Fsp3) is 0.583. The average molecular weight is 207 g/mol. The van der Waals surface area contributed by atoms with Crippen LogP contribution in [0.3, 0.4) is 0 Å². The summed E-state index contributed by atoms with van der Waals surface area (Å²) in [7, 11) is 1.99. The first-order valence-electron chi connectivity index (χ1n) is 5.58. The summed E-state index contributed by atoms with van der Waals surface area (Å²) in [5, 5.41) is 0. The van der Waals surface area contributed by atoms with Gasteiger partial charge in [-0.1, -0.05) is 18.9 Å². The zero-order chi connectivity index (χ0) is 11.1. The predicted octanol–water partition coefficient (Wildman–Crippen LogP) is 2.56. The molecular formula is C12H21N3. The highest BCUT2D eigenvalue weighted by Gasteiger charge is 2.08. The van der Waals surface area contributed by atoms with Gasteiger partial charge in [0.15, 0.2) is 0 Å². The van der Waals surface area contributed by atoms with Crippen LogP contribution in [0.1, 0.15) is 43.8 Å². The molecule has 0 aliphatic rings. The average Bonchev–Trinajstić information content (AvgIpc) is 2.64. The van der Waals surface area contributed by atoms with E-state index in [1.165, 1.54) is 19.3 Å². The van der Waals surface area contributed by atoms with Crippen LogP contribution in [0.5, 0.6) is 0 Å². The van der Waals surface area contributed by atoms with Crippen molar-refractivity contribution in [2.45, 2.75) is 38.1 Å². The molecule has 3 heteroatoms. The molecule has 15 heavy (non-hydrogen) atoms. The van der Waals surface area contributed by atoms with Crippen LogP contribution < -0.4 is 5.73 Å². The van der Waals surface area contributed by atoms with Crippen molar-refractivity contribution < 1.29 is 0 Å². The number of nitrogens with zero attached hydrogens (tertiary/aromatic N) is 2. The Balaban J connectivity index is 2.22. The van der Waals surface area contributed by atoms with Gasteiger partial charge in [0.1, 0.15) is 0 Å². The number of hydrogen-bond acceptors (Lipinski definition) is 2. The van der Waals surface area contributed by atoms with Gasteiger partial charge in [0.25, 0.3) is 0 Å². The molecule has 1 rings (SSSR count). The highest BCUT2D eigenvalue weighted by atomic mass is 15.0. The summed E-state index contributed by atoms with van der Waals surface area (Å²) >= 11 is 0. The molecule has 1 aromatic heterocycles. The normalized spacial score (nSPS) is 12.7. The number of allylic oxidation sites excluding steroid dienone is 1. The molecular weight excluding hydrogens is 186 g/mol. The SMILES string of the molecule is C=CCCCCCC(N)c1cncn1C. The van der Waals surface area contributed by atoms with Gasteiger partial charge in [0.05, 0.1) is 12.0 Å².